The number of rotatable bonds is 9. The number of nitrogens with zero attached hydrogens (tertiary/aromatic N) is 2. The summed E-state index contributed by atoms with van der Waals surface area (Å²) in [7, 11) is 1.79. The molecule has 2 saturated heterocycles. The molecule has 6 amide bonds. The predicted octanol–water partition coefficient (Wildman–Crippen LogP) is 18.5. The number of nitrogens with two attached hydrogens (primary N) is 1. The minimum absolute atomic E-state index is 0. The van der Waals surface area contributed by atoms with Crippen molar-refractivity contribution in [3.05, 3.63) is 391 Å². The van der Waals surface area contributed by atoms with E-state index in [1.807, 2.05) is 249 Å². The van der Waals surface area contributed by atoms with Crippen molar-refractivity contribution in [2.45, 2.75) is 73.6 Å². The van der Waals surface area contributed by atoms with E-state index >= 15 is 0 Å². The van der Waals surface area contributed by atoms with Gasteiger partial charge in [-0.2, -0.15) is 0 Å². The van der Waals surface area contributed by atoms with Crippen LogP contribution in [0.3, 0.4) is 0 Å². The first-order valence-corrected chi connectivity index (χ1v) is 46.2. The molecule has 0 saturated carbocycles. The number of aromatic hydroxyl groups is 2. The third kappa shape index (κ3) is 25.2. The average Bonchev–Trinajstić information content (AvgIpc) is 1.60. The molecule has 0 radical (unpaired) electrons. The van der Waals surface area contributed by atoms with Gasteiger partial charge in [0.15, 0.2) is 44.2 Å². The van der Waals surface area contributed by atoms with Crippen molar-refractivity contribution in [1.82, 2.24) is 26.2 Å². The Morgan fingerprint density at radius 1 is 0.489 bits per heavy atom. The molecule has 0 aromatic heterocycles. The molecule has 19 rings (SSSR count). The number of allylic oxidation sites excluding steroid dienone is 1. The molecule has 7 atom stereocenters. The van der Waals surface area contributed by atoms with Crippen LogP contribution in [0.4, 0.5) is 4.79 Å². The number of ether oxygens (including phenoxy) is 4. The van der Waals surface area contributed by atoms with Crippen LogP contribution in [0, 0.1) is 0 Å². The maximum atomic E-state index is 13.2. The zero-order valence-electron chi connectivity index (χ0n) is 70.4. The minimum Gasteiger partial charge on any atom is -0.870 e. The normalized spacial score (nSPS) is 19.1. The van der Waals surface area contributed by atoms with E-state index in [0.29, 0.717) is 64.7 Å². The summed E-state index contributed by atoms with van der Waals surface area (Å²) in [5, 5.41) is 30.9. The molecule has 664 valence electrons. The molecule has 0 aliphatic carbocycles. The van der Waals surface area contributed by atoms with Crippen molar-refractivity contribution in [1.29, 1.82) is 0 Å². The van der Waals surface area contributed by atoms with Gasteiger partial charge in [0.05, 0.1) is 23.1 Å². The number of carbonyl (C=O) groups excluding carboxylic acids is 9. The molecule has 12 aromatic carbocycles. The van der Waals surface area contributed by atoms with Gasteiger partial charge < -0.3 is 56.3 Å². The van der Waals surface area contributed by atoms with Crippen LogP contribution in [0.5, 0.6) is 34.5 Å². The Labute approximate surface area is 837 Å². The molecule has 3 spiro atoms. The third-order valence-electron chi connectivity index (χ3n) is 21.1. The van der Waals surface area contributed by atoms with Crippen molar-refractivity contribution >= 4 is 190 Å². The number of primary amides is 1. The van der Waals surface area contributed by atoms with Gasteiger partial charge in [0.25, 0.3) is 17.7 Å². The summed E-state index contributed by atoms with van der Waals surface area (Å²) in [6.07, 6.45) is 7.01. The number of carbonyl (C=O) groups is 9. The van der Waals surface area contributed by atoms with Crippen LogP contribution in [0.2, 0.25) is 0 Å². The van der Waals surface area contributed by atoms with Gasteiger partial charge in [0, 0.05) is 75.4 Å². The quantitative estimate of drug-likeness (QED) is 0.0176. The van der Waals surface area contributed by atoms with Crippen molar-refractivity contribution in [3.8, 4) is 34.5 Å². The number of ketones is 3. The number of phenolic OH excluding ortho intramolecular Hbond substituents is 2. The molecule has 7 aliphatic rings. The molecular weight excluding hydrogens is 2110 g/mol. The van der Waals surface area contributed by atoms with Gasteiger partial charge in [0.2, 0.25) is 6.41 Å². The molecule has 7 aliphatic heterocycles. The molecular formula is C99H82Br6N7NaO16S2. The Morgan fingerprint density at radius 2 is 0.855 bits per heavy atom. The maximum Gasteiger partial charge on any atom is 1.00 e. The Bertz CT molecular complexity index is 6100. The molecule has 7 heterocycles. The van der Waals surface area contributed by atoms with E-state index in [-0.39, 0.29) is 118 Å². The number of likely N-dealkylation sites (N-methyl/N-ethyl adjacent to an activating group) is 1. The number of hydrogen-bond donors (Lipinski definition) is 7. The molecule has 23 nitrogen and oxygen atoms in total. The van der Waals surface area contributed by atoms with Gasteiger partial charge in [-0.3, -0.25) is 48.6 Å². The van der Waals surface area contributed by atoms with Crippen LogP contribution in [-0.2, 0) is 35.8 Å². The number of fused-ring (bicyclic) bond motifs is 7. The number of hydrogen-bond acceptors (Lipinski definition) is 19. The molecule has 7 unspecified atom stereocenters. The SMILES string of the molecule is CC(=O)c1cc(Br)ccc1O.CSC1=NC2(CC(c3ccccc3)Oc3ccc(Br)cc32)C(=O)N1C.NC=O.O=C(/C=C/c1ccccc1)c1cc(Br)ccc1O.O=C1CC(c2ccccc2)Oc2ccc(Br)cc21.O=C1NC(=O)C2(CC(c3ccccc3)Oc3ccc(Br)cc32)N1.O=C1NC(=S)NC12CC(c1ccccc1)Oc1ccc(Br)cc12.O=Cc1ccccc1.[Na+].[OH-]. The average molecular weight is 2190 g/mol. The molecule has 32 heteroatoms. The number of thioether (sulfide) groups is 1. The Morgan fingerprint density at radius 3 is 1.26 bits per heavy atom. The van der Waals surface area contributed by atoms with Gasteiger partial charge in [-0.15, -0.1) is 0 Å². The molecule has 131 heavy (non-hydrogen) atoms. The van der Waals surface area contributed by atoms with Gasteiger partial charge in [-0.25, -0.2) is 9.79 Å². The van der Waals surface area contributed by atoms with E-state index in [4.69, 9.17) is 46.1 Å². The first kappa shape index (κ1) is 102. The van der Waals surface area contributed by atoms with Crippen LogP contribution in [0.25, 0.3) is 6.08 Å². The van der Waals surface area contributed by atoms with E-state index in [1.54, 1.807) is 54.4 Å². The summed E-state index contributed by atoms with van der Waals surface area (Å²) in [5.74, 6) is 2.00. The van der Waals surface area contributed by atoms with Crippen LogP contribution in [0.15, 0.2) is 329 Å². The molecule has 0 bridgehead atoms. The number of halogens is 6. The third-order valence-corrected chi connectivity index (χ3v) is 24.9. The zero-order valence-corrected chi connectivity index (χ0v) is 83.5. The Hall–Kier alpha value is -11.0. The molecule has 12 aromatic rings. The number of imide groups is 1. The van der Waals surface area contributed by atoms with Gasteiger partial charge in [0.1, 0.15) is 65.2 Å². The van der Waals surface area contributed by atoms with E-state index in [2.05, 4.69) is 123 Å². The molecule has 9 N–H and O–H groups in total. The number of nitrogens with one attached hydrogen (secondary N) is 4. The second-order valence-corrected chi connectivity index (χ2v) is 36.1. The van der Waals surface area contributed by atoms with Crippen molar-refractivity contribution < 1.29 is 107 Å². The number of benzene rings is 12. The number of thiocarbonyl (C=S) groups is 1. The van der Waals surface area contributed by atoms with E-state index in [1.165, 1.54) is 36.9 Å². The number of Topliss-reactive ketones (excluding diaryl/α,β-unsaturated/α-hetero) is 2. The number of amidine groups is 1. The number of aldehydes is 1. The first-order valence-electron chi connectivity index (χ1n) is 39.8. The van der Waals surface area contributed by atoms with Crippen molar-refractivity contribution in [2.24, 2.45) is 10.7 Å². The summed E-state index contributed by atoms with van der Waals surface area (Å²) < 4.78 is 29.5. The van der Waals surface area contributed by atoms with Gasteiger partial charge in [-0.1, -0.05) is 295 Å². The van der Waals surface area contributed by atoms with E-state index in [9.17, 15) is 43.5 Å². The summed E-state index contributed by atoms with van der Waals surface area (Å²) in [6, 6.07) is 89.7. The zero-order chi connectivity index (χ0) is 92.1. The van der Waals surface area contributed by atoms with Gasteiger partial charge in [-0.05, 0) is 168 Å². The number of amides is 6. The summed E-state index contributed by atoms with van der Waals surface area (Å²) in [5.41, 5.74) is 10.6. The Balaban J connectivity index is 0.000000161. The van der Waals surface area contributed by atoms with E-state index < -0.39 is 22.6 Å². The smallest absolute Gasteiger partial charge is 0.870 e. The standard InChI is InChI=1S/C19H17BrN2O2S.C17H13BrN2O3.C17H13BrN2O2S.2C15H11BrO2.C8H7BrO2.C7H6O.CH3NO.Na.H2O/c1-22-17(23)19(21-18(22)25-2)11-16(12-6-4-3-5-7-12)24-15-9-8-13(20)10-14(15)19;18-11-6-7-13-12(8-11)17(15(21)19-16(22)20-17)9-14(23-13)10-4-2-1-3-5-10;18-11-6-7-13-12(8-11)17(15(21)19-16(23)20-17)9-14(22-13)10-4-2-1-3-5-10;16-11-6-7-14-12(8-11)13(17)9-15(18-14)10-4-2-1-3-5-10;16-12-7-9-15(18)13(10-12)14(17)8-6-11-4-2-1-3-5-11;1-5(10)7-4-6(9)2-3-8(7)11;8-6-7-4-2-1-3-5-7;2-1-3;;/h3-10,16H,11H2,1-2H3;1-8,14H,9H2,(H2,19,20,21,22);1-8,14H,9H2,(H2,19,20,21,23);1-8,15H,9H2;1-10,18H;2-4,11H,1H3;1-6H;1H,(H2,2,3);;1H2/q;;;;;;;;+1;/p-1/b;;;;8-6+;;;;;. The van der Waals surface area contributed by atoms with Crippen molar-refractivity contribution in [3.63, 3.8) is 0 Å². The summed E-state index contributed by atoms with van der Waals surface area (Å²) in [4.78, 5) is 110. The van der Waals surface area contributed by atoms with Crippen LogP contribution in [0.1, 0.15) is 143 Å². The number of aliphatic imine (C=N–C) groups is 1. The second kappa shape index (κ2) is 47.4. The van der Waals surface area contributed by atoms with Crippen molar-refractivity contribution in [2.75, 3.05) is 13.3 Å². The topological polar surface area (TPSA) is 351 Å². The predicted molar refractivity (Wildman–Crippen MR) is 523 cm³/mol. The van der Waals surface area contributed by atoms with Gasteiger partial charge >= 0.3 is 35.6 Å². The number of urea groups is 1. The maximum absolute atomic E-state index is 13.2. The fourth-order valence-electron chi connectivity index (χ4n) is 14.9. The Kier molecular flexibility index (Phi) is 36.9. The fourth-order valence-corrected chi connectivity index (χ4v) is 17.9. The van der Waals surface area contributed by atoms with Crippen LogP contribution >= 0.6 is 120 Å². The largest absolute Gasteiger partial charge is 1.00 e. The number of phenols is 2. The monoisotopic (exact) mass is 2190 g/mol. The second-order valence-electron chi connectivity index (χ2n) is 29.5. The summed E-state index contributed by atoms with van der Waals surface area (Å²) in [6.45, 7) is 1.42. The van der Waals surface area contributed by atoms with Crippen LogP contribution < -0.4 is 75.5 Å². The summed E-state index contributed by atoms with van der Waals surface area (Å²) >= 11 is 26.9. The van der Waals surface area contributed by atoms with E-state index in [0.717, 1.165) is 88.5 Å². The van der Waals surface area contributed by atoms with Crippen LogP contribution in [-0.4, -0.2) is 98.0 Å². The molecule has 2 fully saturated rings. The minimum atomic E-state index is -1.10. The fraction of sp³-hybridized carbons (Fsp3) is 0.141. The first-order chi connectivity index (χ1) is 62.1.